The summed E-state index contributed by atoms with van der Waals surface area (Å²) in [6.07, 6.45) is 0.613. The van der Waals surface area contributed by atoms with Crippen LogP contribution in [0, 0.1) is 5.82 Å². The lowest BCUT2D eigenvalue weighted by Crippen LogP contribution is -2.32. The number of halogens is 1. The minimum Gasteiger partial charge on any atom is -0.377 e. The quantitative estimate of drug-likeness (QED) is 0.618. The summed E-state index contributed by atoms with van der Waals surface area (Å²) in [5.74, 6) is -0.796. The fraction of sp³-hybridized carbons (Fsp3) is 0.381. The maximum Gasteiger partial charge on any atom is 0.250 e. The summed E-state index contributed by atoms with van der Waals surface area (Å²) >= 11 is 0. The fourth-order valence-electron chi connectivity index (χ4n) is 3.03. The summed E-state index contributed by atoms with van der Waals surface area (Å²) in [4.78, 5) is 13.8. The van der Waals surface area contributed by atoms with Gasteiger partial charge in [-0.25, -0.2) is 12.8 Å². The highest BCUT2D eigenvalue weighted by molar-refractivity contribution is 7.89. The molecule has 0 heterocycles. The largest absolute Gasteiger partial charge is 0.377 e. The van der Waals surface area contributed by atoms with E-state index in [0.717, 1.165) is 23.4 Å². The molecular weight excluding hydrogens is 409 g/mol. The summed E-state index contributed by atoms with van der Waals surface area (Å²) in [6, 6.07) is 10.1. The van der Waals surface area contributed by atoms with Gasteiger partial charge in [0.2, 0.25) is 15.9 Å². The van der Waals surface area contributed by atoms with Crippen LogP contribution in [0.2, 0.25) is 0 Å². The zero-order chi connectivity index (χ0) is 22.3. The number of carbonyl (C=O) groups excluding carboxylic acids is 1. The molecule has 0 aromatic heterocycles. The Balaban J connectivity index is 2.41. The second kappa shape index (κ2) is 10.5. The minimum absolute atomic E-state index is 0.0355. The van der Waals surface area contributed by atoms with E-state index in [2.05, 4.69) is 5.32 Å². The molecule has 0 fully saturated rings. The summed E-state index contributed by atoms with van der Waals surface area (Å²) in [5, 5.41) is 2.74. The Hall–Kier alpha value is -2.49. The molecule has 2 aromatic rings. The molecule has 2 rings (SSSR count). The van der Waals surface area contributed by atoms with Crippen molar-refractivity contribution in [2.75, 3.05) is 44.6 Å². The zero-order valence-corrected chi connectivity index (χ0v) is 18.5. The van der Waals surface area contributed by atoms with Gasteiger partial charge in [0.1, 0.15) is 12.4 Å². The van der Waals surface area contributed by atoms with Crippen molar-refractivity contribution in [3.63, 3.8) is 0 Å². The van der Waals surface area contributed by atoms with Gasteiger partial charge in [-0.2, -0.15) is 4.31 Å². The molecule has 1 amide bonds. The molecule has 0 saturated carbocycles. The molecule has 0 atom stereocenters. The third-order valence-corrected chi connectivity index (χ3v) is 6.25. The predicted molar refractivity (Wildman–Crippen MR) is 116 cm³/mol. The van der Waals surface area contributed by atoms with Gasteiger partial charge in [0.15, 0.2) is 0 Å². The first-order valence-electron chi connectivity index (χ1n) is 9.53. The topological polar surface area (TPSA) is 79.0 Å². The number of nitrogens with zero attached hydrogens (tertiary/aromatic N) is 2. The van der Waals surface area contributed by atoms with Gasteiger partial charge < -0.3 is 15.0 Å². The van der Waals surface area contributed by atoms with Crippen molar-refractivity contribution < 1.29 is 22.3 Å². The second-order valence-corrected chi connectivity index (χ2v) is 8.95. The number of nitrogens with one attached hydrogen (secondary N) is 1. The zero-order valence-electron chi connectivity index (χ0n) is 17.7. The minimum atomic E-state index is -3.82. The Morgan fingerprint density at radius 3 is 2.37 bits per heavy atom. The van der Waals surface area contributed by atoms with Crippen LogP contribution >= 0.6 is 0 Å². The van der Waals surface area contributed by atoms with E-state index in [1.165, 1.54) is 23.5 Å². The number of amides is 1. The van der Waals surface area contributed by atoms with Crippen LogP contribution in [0.5, 0.6) is 0 Å². The number of benzene rings is 2. The molecule has 2 aromatic carbocycles. The molecule has 0 aliphatic rings. The highest BCUT2D eigenvalue weighted by atomic mass is 32.2. The normalized spacial score (nSPS) is 11.5. The molecule has 0 radical (unpaired) electrons. The molecule has 0 aliphatic heterocycles. The molecule has 0 saturated heterocycles. The molecule has 0 unspecified atom stereocenters. The van der Waals surface area contributed by atoms with Crippen LogP contribution in [0.3, 0.4) is 0 Å². The van der Waals surface area contributed by atoms with Crippen LogP contribution in [0.25, 0.3) is 0 Å². The Bertz CT molecular complexity index is 963. The highest BCUT2D eigenvalue weighted by Gasteiger charge is 2.25. The molecule has 0 aliphatic carbocycles. The molecule has 7 nitrogen and oxygen atoms in total. The molecular formula is C21H28FN3O4S. The average molecular weight is 438 g/mol. The lowest BCUT2D eigenvalue weighted by Gasteiger charge is -2.25. The Morgan fingerprint density at radius 2 is 1.80 bits per heavy atom. The van der Waals surface area contributed by atoms with E-state index in [0.29, 0.717) is 18.7 Å². The van der Waals surface area contributed by atoms with Crippen LogP contribution in [0.1, 0.15) is 18.9 Å². The summed E-state index contributed by atoms with van der Waals surface area (Å²) in [6.45, 7) is 2.22. The second-order valence-electron chi connectivity index (χ2n) is 7.01. The fourth-order valence-corrected chi connectivity index (χ4v) is 4.54. The van der Waals surface area contributed by atoms with E-state index in [9.17, 15) is 17.6 Å². The van der Waals surface area contributed by atoms with E-state index >= 15 is 0 Å². The van der Waals surface area contributed by atoms with Crippen molar-refractivity contribution in [2.24, 2.45) is 0 Å². The number of ether oxygens (including phenoxy) is 1. The molecule has 164 valence electrons. The van der Waals surface area contributed by atoms with E-state index < -0.39 is 15.8 Å². The first-order chi connectivity index (χ1) is 14.2. The number of sulfonamides is 1. The van der Waals surface area contributed by atoms with E-state index in [1.807, 2.05) is 32.0 Å². The Labute approximate surface area is 177 Å². The lowest BCUT2D eigenvalue weighted by atomic mass is 10.1. The van der Waals surface area contributed by atoms with Crippen LogP contribution in [-0.2, 0) is 26.1 Å². The van der Waals surface area contributed by atoms with Crippen molar-refractivity contribution >= 4 is 27.3 Å². The van der Waals surface area contributed by atoms with Crippen LogP contribution in [0.15, 0.2) is 47.4 Å². The first-order valence-corrected chi connectivity index (χ1v) is 11.0. The summed E-state index contributed by atoms with van der Waals surface area (Å²) < 4.78 is 45.8. The van der Waals surface area contributed by atoms with Gasteiger partial charge in [-0.1, -0.05) is 6.92 Å². The Morgan fingerprint density at radius 1 is 1.13 bits per heavy atom. The van der Waals surface area contributed by atoms with Gasteiger partial charge in [-0.15, -0.1) is 0 Å². The number of carbonyl (C=O) groups is 1. The van der Waals surface area contributed by atoms with Crippen molar-refractivity contribution in [3.05, 3.63) is 53.8 Å². The van der Waals surface area contributed by atoms with Gasteiger partial charge in [-0.05, 0) is 54.4 Å². The van der Waals surface area contributed by atoms with Gasteiger partial charge >= 0.3 is 0 Å². The monoisotopic (exact) mass is 437 g/mol. The molecule has 0 spiro atoms. The van der Waals surface area contributed by atoms with E-state index in [4.69, 9.17) is 4.74 Å². The SMILES string of the molecule is CCCN(Cc1cc(NC(=O)COC)ccc1N(C)C)S(=O)(=O)c1ccc(F)cc1. The van der Waals surface area contributed by atoms with Gasteiger partial charge in [0, 0.05) is 45.7 Å². The number of rotatable bonds is 10. The first kappa shape index (κ1) is 23.8. The number of methoxy groups -OCH3 is 1. The number of anilines is 2. The maximum atomic E-state index is 13.3. The molecule has 9 heteroatoms. The third kappa shape index (κ3) is 6.01. The van der Waals surface area contributed by atoms with E-state index in [-0.39, 0.29) is 24.0 Å². The maximum absolute atomic E-state index is 13.3. The number of hydrogen-bond acceptors (Lipinski definition) is 5. The Kier molecular flexibility index (Phi) is 8.33. The van der Waals surface area contributed by atoms with Crippen molar-refractivity contribution in [2.45, 2.75) is 24.8 Å². The smallest absolute Gasteiger partial charge is 0.250 e. The molecule has 1 N–H and O–H groups in total. The molecule has 30 heavy (non-hydrogen) atoms. The van der Waals surface area contributed by atoms with Crippen molar-refractivity contribution in [3.8, 4) is 0 Å². The number of hydrogen-bond donors (Lipinski definition) is 1. The predicted octanol–water partition coefficient (Wildman–Crippen LogP) is 3.08. The van der Waals surface area contributed by atoms with Crippen LogP contribution in [-0.4, -0.2) is 53.0 Å². The highest BCUT2D eigenvalue weighted by Crippen LogP contribution is 2.27. The van der Waals surface area contributed by atoms with Crippen LogP contribution in [0.4, 0.5) is 15.8 Å². The van der Waals surface area contributed by atoms with Gasteiger partial charge in [-0.3, -0.25) is 4.79 Å². The van der Waals surface area contributed by atoms with Crippen LogP contribution < -0.4 is 10.2 Å². The van der Waals surface area contributed by atoms with Gasteiger partial charge in [0.05, 0.1) is 4.90 Å². The lowest BCUT2D eigenvalue weighted by molar-refractivity contribution is -0.119. The summed E-state index contributed by atoms with van der Waals surface area (Å²) in [7, 11) is 1.33. The van der Waals surface area contributed by atoms with Gasteiger partial charge in [0.25, 0.3) is 0 Å². The standard InChI is InChI=1S/C21H28FN3O4S/c1-5-12-25(30(27,28)19-9-6-17(22)7-10-19)14-16-13-18(23-21(26)15-29-4)8-11-20(16)24(2)3/h6-11,13H,5,12,14-15H2,1-4H3,(H,23,26). The van der Waals surface area contributed by atoms with E-state index in [1.54, 1.807) is 12.1 Å². The van der Waals surface area contributed by atoms with Crippen molar-refractivity contribution in [1.82, 2.24) is 4.31 Å². The summed E-state index contributed by atoms with van der Waals surface area (Å²) in [5.41, 5.74) is 2.11. The third-order valence-electron chi connectivity index (χ3n) is 4.39. The van der Waals surface area contributed by atoms with Crippen molar-refractivity contribution in [1.29, 1.82) is 0 Å². The molecule has 0 bridgehead atoms. The average Bonchev–Trinajstić information content (AvgIpc) is 2.68.